The molecule has 0 saturated heterocycles. The molecule has 0 spiro atoms. The van der Waals surface area contributed by atoms with E-state index in [4.69, 9.17) is 4.42 Å². The van der Waals surface area contributed by atoms with Crippen LogP contribution in [0, 0.1) is 19.8 Å². The van der Waals surface area contributed by atoms with E-state index < -0.39 is 0 Å². The third kappa shape index (κ3) is 5.01. The lowest BCUT2D eigenvalue weighted by Gasteiger charge is -2.15. The summed E-state index contributed by atoms with van der Waals surface area (Å²) < 4.78 is 5.79. The number of amides is 2. The second kappa shape index (κ2) is 9.77. The molecule has 158 valence electrons. The number of furan rings is 1. The summed E-state index contributed by atoms with van der Waals surface area (Å²) in [6, 6.07) is 9.82. The first-order chi connectivity index (χ1) is 15.0. The lowest BCUT2D eigenvalue weighted by atomic mass is 10.1. The van der Waals surface area contributed by atoms with Crippen LogP contribution in [0.5, 0.6) is 0 Å². The quantitative estimate of drug-likeness (QED) is 0.508. The first-order valence-corrected chi connectivity index (χ1v) is 10.0. The smallest absolute Gasteiger partial charge is 0.246 e. The number of aryl methyl sites for hydroxylation is 2. The van der Waals surface area contributed by atoms with Crippen molar-refractivity contribution in [2.24, 2.45) is 0 Å². The third-order valence-electron chi connectivity index (χ3n) is 5.19. The number of nitrogens with one attached hydrogen (secondary N) is 1. The Morgan fingerprint density at radius 3 is 2.87 bits per heavy atom. The number of nitrogens with zero attached hydrogens (tertiary/aromatic N) is 2. The molecule has 1 aromatic carbocycles. The van der Waals surface area contributed by atoms with Crippen molar-refractivity contribution in [3.8, 4) is 12.8 Å². The Morgan fingerprint density at radius 2 is 2.06 bits per heavy atom. The molecule has 0 atom stereocenters. The monoisotopic (exact) mass is 415 g/mol. The maximum absolute atomic E-state index is 12.6. The molecule has 0 saturated carbocycles. The van der Waals surface area contributed by atoms with Crippen LogP contribution in [0.4, 0.5) is 5.82 Å². The van der Waals surface area contributed by atoms with Crippen molar-refractivity contribution in [1.82, 2.24) is 9.88 Å². The number of hydrogen-bond acceptors (Lipinski definition) is 4. The van der Waals surface area contributed by atoms with Crippen LogP contribution < -0.4 is 5.32 Å². The van der Waals surface area contributed by atoms with E-state index in [1.54, 1.807) is 30.3 Å². The molecule has 2 aromatic heterocycles. The highest BCUT2D eigenvalue weighted by Gasteiger charge is 2.16. The van der Waals surface area contributed by atoms with Crippen LogP contribution in [-0.2, 0) is 22.6 Å². The van der Waals surface area contributed by atoms with Gasteiger partial charge >= 0.3 is 0 Å². The topological polar surface area (TPSA) is 75.4 Å². The summed E-state index contributed by atoms with van der Waals surface area (Å²) >= 11 is 0. The van der Waals surface area contributed by atoms with Gasteiger partial charge in [0.1, 0.15) is 17.2 Å². The van der Waals surface area contributed by atoms with Gasteiger partial charge in [0, 0.05) is 43.2 Å². The highest BCUT2D eigenvalue weighted by atomic mass is 16.3. The average Bonchev–Trinajstić information content (AvgIpc) is 2.97. The van der Waals surface area contributed by atoms with Crippen molar-refractivity contribution in [3.63, 3.8) is 0 Å². The Kier molecular flexibility index (Phi) is 6.88. The molecule has 6 nitrogen and oxygen atoms in total. The second-order valence-electron chi connectivity index (χ2n) is 7.34. The number of likely N-dealkylation sites (N-methyl/N-ethyl adjacent to an activating group) is 1. The number of pyridine rings is 1. The molecule has 1 N–H and O–H groups in total. The fourth-order valence-corrected chi connectivity index (χ4v) is 3.58. The normalized spacial score (nSPS) is 13.1. The predicted molar refractivity (Wildman–Crippen MR) is 122 cm³/mol. The fraction of sp³-hybridized carbons (Fsp3) is 0.240. The minimum atomic E-state index is -0.0991. The molecule has 0 radical (unpaired) electrons. The number of anilines is 1. The molecule has 1 aliphatic rings. The second-order valence-corrected chi connectivity index (χ2v) is 7.34. The number of rotatable bonds is 4. The first kappa shape index (κ1) is 21.8. The summed E-state index contributed by atoms with van der Waals surface area (Å²) in [7, 11) is 1.78. The first-order valence-electron chi connectivity index (χ1n) is 10.0. The van der Waals surface area contributed by atoms with Gasteiger partial charge < -0.3 is 14.6 Å². The van der Waals surface area contributed by atoms with Crippen LogP contribution >= 0.6 is 0 Å². The number of aromatic nitrogens is 1. The maximum atomic E-state index is 12.6. The molecule has 4 rings (SSSR count). The van der Waals surface area contributed by atoms with Crippen LogP contribution in [0.3, 0.4) is 0 Å². The van der Waals surface area contributed by atoms with Crippen LogP contribution in [0.15, 0.2) is 47.0 Å². The lowest BCUT2D eigenvalue weighted by Crippen LogP contribution is -2.24. The standard InChI is InChI=1S/C23H23N3O3.C2H2/c1-15-19(18-7-3-4-8-20(18)29-15)14-26(2)22(28)11-10-16-12-17-6-5-9-21(27)25-23(17)24-13-16;1-2/h3-4,7-8,10-13H,5-6,9,14H2,1-2H3,(H,24,25,27);1-2H/b11-10+;. The van der Waals surface area contributed by atoms with E-state index in [9.17, 15) is 9.59 Å². The van der Waals surface area contributed by atoms with Crippen molar-refractivity contribution in [3.05, 3.63) is 65.1 Å². The molecule has 0 unspecified atom stereocenters. The molecule has 0 fully saturated rings. The van der Waals surface area contributed by atoms with Gasteiger partial charge in [-0.25, -0.2) is 4.98 Å². The average molecular weight is 415 g/mol. The molecule has 0 aliphatic carbocycles. The van der Waals surface area contributed by atoms with Gasteiger partial charge in [0.25, 0.3) is 0 Å². The van der Waals surface area contributed by atoms with Gasteiger partial charge in [-0.05, 0) is 49.1 Å². The van der Waals surface area contributed by atoms with Gasteiger partial charge in [-0.1, -0.05) is 18.2 Å². The van der Waals surface area contributed by atoms with Crippen molar-refractivity contribution >= 4 is 34.7 Å². The maximum Gasteiger partial charge on any atom is 0.246 e. The molecule has 3 aromatic rings. The predicted octanol–water partition coefficient (Wildman–Crippen LogP) is 4.33. The van der Waals surface area contributed by atoms with Crippen LogP contribution in [0.25, 0.3) is 17.0 Å². The third-order valence-corrected chi connectivity index (χ3v) is 5.19. The molecular weight excluding hydrogens is 390 g/mol. The highest BCUT2D eigenvalue weighted by Crippen LogP contribution is 2.26. The SMILES string of the molecule is C#C.Cc1oc2ccccc2c1CN(C)C(=O)/C=C/c1cnc2c(c1)CCCC(=O)N2. The van der Waals surface area contributed by atoms with E-state index in [1.807, 2.05) is 37.3 Å². The zero-order valence-electron chi connectivity index (χ0n) is 17.7. The molecule has 6 heteroatoms. The number of benzene rings is 1. The summed E-state index contributed by atoms with van der Waals surface area (Å²) in [6.07, 6.45) is 15.1. The van der Waals surface area contributed by atoms with Crippen molar-refractivity contribution in [1.29, 1.82) is 0 Å². The van der Waals surface area contributed by atoms with Gasteiger partial charge in [-0.3, -0.25) is 9.59 Å². The van der Waals surface area contributed by atoms with Crippen LogP contribution in [-0.4, -0.2) is 28.7 Å². The number of fused-ring (bicyclic) bond motifs is 2. The van der Waals surface area contributed by atoms with E-state index in [0.29, 0.717) is 18.8 Å². The summed E-state index contributed by atoms with van der Waals surface area (Å²) in [5, 5.41) is 3.85. The molecule has 31 heavy (non-hydrogen) atoms. The Balaban J connectivity index is 0.00000132. The molecule has 1 aliphatic heterocycles. The lowest BCUT2D eigenvalue weighted by molar-refractivity contribution is -0.125. The van der Waals surface area contributed by atoms with Crippen LogP contribution in [0.1, 0.15) is 35.3 Å². The molecule has 3 heterocycles. The van der Waals surface area contributed by atoms with Crippen molar-refractivity contribution in [2.75, 3.05) is 12.4 Å². The van der Waals surface area contributed by atoms with E-state index in [0.717, 1.165) is 46.3 Å². The number of carbonyl (C=O) groups excluding carboxylic acids is 2. The van der Waals surface area contributed by atoms with E-state index in [2.05, 4.69) is 23.1 Å². The molecule has 0 bridgehead atoms. The zero-order valence-corrected chi connectivity index (χ0v) is 17.7. The number of carbonyl (C=O) groups is 2. The summed E-state index contributed by atoms with van der Waals surface area (Å²) in [5.41, 5.74) is 3.69. The summed E-state index contributed by atoms with van der Waals surface area (Å²) in [6.45, 7) is 2.39. The van der Waals surface area contributed by atoms with Gasteiger partial charge in [0.05, 0.1) is 0 Å². The zero-order chi connectivity index (χ0) is 22.4. The number of terminal acetylenes is 1. The van der Waals surface area contributed by atoms with Crippen molar-refractivity contribution in [2.45, 2.75) is 32.7 Å². The Labute approximate surface area is 182 Å². The largest absolute Gasteiger partial charge is 0.461 e. The summed E-state index contributed by atoms with van der Waals surface area (Å²) in [5.74, 6) is 1.35. The Bertz CT molecular complexity index is 1160. The summed E-state index contributed by atoms with van der Waals surface area (Å²) in [4.78, 5) is 30.2. The minimum absolute atomic E-state index is 0.00147. The fourth-order valence-electron chi connectivity index (χ4n) is 3.58. The number of para-hydroxylation sites is 1. The van der Waals surface area contributed by atoms with Gasteiger partial charge in [-0.15, -0.1) is 12.8 Å². The van der Waals surface area contributed by atoms with Gasteiger partial charge in [0.2, 0.25) is 11.8 Å². The van der Waals surface area contributed by atoms with E-state index in [-0.39, 0.29) is 11.8 Å². The van der Waals surface area contributed by atoms with Crippen molar-refractivity contribution < 1.29 is 14.0 Å². The number of hydrogen-bond donors (Lipinski definition) is 1. The molecule has 2 amide bonds. The Hall–Kier alpha value is -3.85. The van der Waals surface area contributed by atoms with Gasteiger partial charge in [-0.2, -0.15) is 0 Å². The van der Waals surface area contributed by atoms with E-state index in [1.165, 1.54) is 0 Å². The highest BCUT2D eigenvalue weighted by molar-refractivity contribution is 5.93. The minimum Gasteiger partial charge on any atom is -0.461 e. The van der Waals surface area contributed by atoms with Gasteiger partial charge in [0.15, 0.2) is 0 Å². The Morgan fingerprint density at radius 1 is 1.29 bits per heavy atom. The van der Waals surface area contributed by atoms with E-state index >= 15 is 0 Å². The molecular formula is C25H25N3O3. The van der Waals surface area contributed by atoms with Crippen LogP contribution in [0.2, 0.25) is 0 Å².